The number of likely N-dealkylation sites (tertiary alicyclic amines) is 2. The second kappa shape index (κ2) is 9.74. The molecule has 27 heavy (non-hydrogen) atoms. The molecule has 0 bridgehead atoms. The molecule has 1 amide bonds. The number of nitrogens with zero attached hydrogens (tertiary/aromatic N) is 3. The average molecular weight is 372 g/mol. The number of carbonyl (C=O) groups excluding carboxylic acids is 1. The minimum absolute atomic E-state index is 0.0401. The normalized spacial score (nSPS) is 20.9. The molecule has 2 aliphatic rings. The summed E-state index contributed by atoms with van der Waals surface area (Å²) in [6.45, 7) is 6.79. The molecule has 0 saturated carbocycles. The molecule has 2 fully saturated rings. The number of hydrogen-bond donors (Lipinski definition) is 2. The van der Waals surface area contributed by atoms with Gasteiger partial charge in [-0.25, -0.2) is 0 Å². The highest BCUT2D eigenvalue weighted by atomic mass is 16.1. The minimum Gasteiger partial charge on any atom is -0.356 e. The van der Waals surface area contributed by atoms with Crippen molar-refractivity contribution in [2.24, 2.45) is 10.9 Å². The fourth-order valence-electron chi connectivity index (χ4n) is 4.17. The Hall–Kier alpha value is -2.08. The zero-order valence-corrected chi connectivity index (χ0v) is 16.7. The van der Waals surface area contributed by atoms with E-state index < -0.39 is 0 Å². The number of benzene rings is 1. The Balaban J connectivity index is 1.45. The quantitative estimate of drug-likeness (QED) is 0.589. The van der Waals surface area contributed by atoms with E-state index in [0.717, 1.165) is 43.5 Å². The van der Waals surface area contributed by atoms with Crippen LogP contribution in [0, 0.1) is 5.92 Å². The molecule has 0 aromatic heterocycles. The minimum atomic E-state index is -0.0401. The molecule has 6 heteroatoms. The maximum atomic E-state index is 11.8. The first-order valence-corrected chi connectivity index (χ1v) is 10.2. The molecular weight excluding hydrogens is 338 g/mol. The number of guanidine groups is 1. The van der Waals surface area contributed by atoms with Gasteiger partial charge >= 0.3 is 0 Å². The molecule has 1 aromatic rings. The summed E-state index contributed by atoms with van der Waals surface area (Å²) in [5, 5.41) is 6.17. The third kappa shape index (κ3) is 5.45. The molecular formula is C21H33N5O. The average Bonchev–Trinajstić information content (AvgIpc) is 3.37. The van der Waals surface area contributed by atoms with Crippen molar-refractivity contribution >= 4 is 11.9 Å². The highest BCUT2D eigenvalue weighted by Crippen LogP contribution is 2.20. The number of aliphatic imine (C=N–C) groups is 1. The van der Waals surface area contributed by atoms with Gasteiger partial charge in [0.15, 0.2) is 5.96 Å². The smallest absolute Gasteiger partial charge is 0.251 e. The van der Waals surface area contributed by atoms with E-state index in [4.69, 9.17) is 0 Å². The van der Waals surface area contributed by atoms with Gasteiger partial charge in [-0.1, -0.05) is 12.1 Å². The van der Waals surface area contributed by atoms with Gasteiger partial charge < -0.3 is 20.4 Å². The highest BCUT2D eigenvalue weighted by molar-refractivity contribution is 5.94. The topological polar surface area (TPSA) is 60.0 Å². The van der Waals surface area contributed by atoms with E-state index in [1.807, 2.05) is 25.2 Å². The summed E-state index contributed by atoms with van der Waals surface area (Å²) in [5.74, 6) is 1.72. The number of carbonyl (C=O) groups is 1. The van der Waals surface area contributed by atoms with Gasteiger partial charge in [0.05, 0.1) is 0 Å². The molecule has 1 unspecified atom stereocenters. The van der Waals surface area contributed by atoms with Crippen LogP contribution in [0.25, 0.3) is 0 Å². The predicted molar refractivity (Wildman–Crippen MR) is 110 cm³/mol. The van der Waals surface area contributed by atoms with Crippen LogP contribution in [0.5, 0.6) is 0 Å². The van der Waals surface area contributed by atoms with Crippen LogP contribution in [0.4, 0.5) is 0 Å². The summed E-state index contributed by atoms with van der Waals surface area (Å²) in [7, 11) is 3.52. The van der Waals surface area contributed by atoms with Gasteiger partial charge in [0.25, 0.3) is 5.91 Å². The maximum absolute atomic E-state index is 11.8. The fraction of sp³-hybridized carbons (Fsp3) is 0.619. The molecule has 0 spiro atoms. The van der Waals surface area contributed by atoms with Gasteiger partial charge in [0, 0.05) is 45.8 Å². The Morgan fingerprint density at radius 3 is 2.81 bits per heavy atom. The van der Waals surface area contributed by atoms with E-state index in [1.165, 1.54) is 38.9 Å². The van der Waals surface area contributed by atoms with E-state index in [1.54, 1.807) is 7.05 Å². The molecule has 2 saturated heterocycles. The van der Waals surface area contributed by atoms with Gasteiger partial charge in [-0.3, -0.25) is 9.79 Å². The lowest BCUT2D eigenvalue weighted by molar-refractivity contribution is 0.0963. The van der Waals surface area contributed by atoms with Gasteiger partial charge in [0.2, 0.25) is 0 Å². The fourth-order valence-corrected chi connectivity index (χ4v) is 4.17. The zero-order valence-electron chi connectivity index (χ0n) is 16.7. The Morgan fingerprint density at radius 1 is 1.26 bits per heavy atom. The van der Waals surface area contributed by atoms with Crippen molar-refractivity contribution in [3.8, 4) is 0 Å². The zero-order chi connectivity index (χ0) is 19.1. The van der Waals surface area contributed by atoms with Crippen molar-refractivity contribution in [3.63, 3.8) is 0 Å². The van der Waals surface area contributed by atoms with Crippen LogP contribution in [-0.4, -0.2) is 75.0 Å². The van der Waals surface area contributed by atoms with Crippen LogP contribution in [0.1, 0.15) is 35.2 Å². The molecule has 148 valence electrons. The first-order valence-electron chi connectivity index (χ1n) is 10.2. The molecule has 3 rings (SSSR count). The third-order valence-electron chi connectivity index (χ3n) is 5.63. The summed E-state index contributed by atoms with van der Waals surface area (Å²) < 4.78 is 0. The maximum Gasteiger partial charge on any atom is 0.251 e. The second-order valence-electron chi connectivity index (χ2n) is 7.61. The van der Waals surface area contributed by atoms with Gasteiger partial charge in [-0.2, -0.15) is 0 Å². The van der Waals surface area contributed by atoms with Crippen molar-refractivity contribution in [2.45, 2.75) is 25.7 Å². The molecule has 1 aromatic carbocycles. The summed E-state index contributed by atoms with van der Waals surface area (Å²) in [4.78, 5) is 21.3. The van der Waals surface area contributed by atoms with Gasteiger partial charge in [0.1, 0.15) is 0 Å². The SMILES string of the molecule is CN=C(NCCc1cccc(C(=O)NC)c1)N1CCC(CN2CCCC2)C1. The van der Waals surface area contributed by atoms with Crippen LogP contribution in [0.3, 0.4) is 0 Å². The van der Waals surface area contributed by atoms with Gasteiger partial charge in [-0.15, -0.1) is 0 Å². The number of amides is 1. The number of rotatable bonds is 6. The first-order chi connectivity index (χ1) is 13.2. The van der Waals surface area contributed by atoms with Crippen molar-refractivity contribution in [1.82, 2.24) is 20.4 Å². The Labute approximate surface area is 163 Å². The number of nitrogens with one attached hydrogen (secondary N) is 2. The van der Waals surface area contributed by atoms with Gasteiger partial charge in [-0.05, 0) is 62.4 Å². The van der Waals surface area contributed by atoms with Crippen molar-refractivity contribution < 1.29 is 4.79 Å². The lowest BCUT2D eigenvalue weighted by atomic mass is 10.1. The monoisotopic (exact) mass is 371 g/mol. The van der Waals surface area contributed by atoms with Crippen LogP contribution in [0.15, 0.2) is 29.3 Å². The lowest BCUT2D eigenvalue weighted by Gasteiger charge is -2.23. The Morgan fingerprint density at radius 2 is 2.07 bits per heavy atom. The van der Waals surface area contributed by atoms with E-state index in [-0.39, 0.29) is 5.91 Å². The Bertz CT molecular complexity index is 654. The van der Waals surface area contributed by atoms with E-state index in [9.17, 15) is 4.79 Å². The molecule has 0 aliphatic carbocycles. The molecule has 2 N–H and O–H groups in total. The highest BCUT2D eigenvalue weighted by Gasteiger charge is 2.27. The molecule has 2 heterocycles. The third-order valence-corrected chi connectivity index (χ3v) is 5.63. The molecule has 1 atom stereocenters. The van der Waals surface area contributed by atoms with Crippen LogP contribution >= 0.6 is 0 Å². The molecule has 0 radical (unpaired) electrons. The molecule has 6 nitrogen and oxygen atoms in total. The van der Waals surface area contributed by atoms with Crippen LogP contribution in [-0.2, 0) is 6.42 Å². The van der Waals surface area contributed by atoms with Crippen LogP contribution in [0.2, 0.25) is 0 Å². The second-order valence-corrected chi connectivity index (χ2v) is 7.61. The predicted octanol–water partition coefficient (Wildman–Crippen LogP) is 1.58. The van der Waals surface area contributed by atoms with E-state index in [2.05, 4.69) is 31.5 Å². The van der Waals surface area contributed by atoms with E-state index >= 15 is 0 Å². The van der Waals surface area contributed by atoms with Crippen molar-refractivity contribution in [3.05, 3.63) is 35.4 Å². The Kier molecular flexibility index (Phi) is 7.10. The standard InChI is InChI=1S/C21H33N5O/c1-22-20(27)19-7-5-6-17(14-19)8-10-24-21(23-2)26-13-9-18(16-26)15-25-11-3-4-12-25/h5-7,14,18H,3-4,8-13,15-16H2,1-2H3,(H,22,27)(H,23,24). The largest absolute Gasteiger partial charge is 0.356 e. The summed E-state index contributed by atoms with van der Waals surface area (Å²) >= 11 is 0. The lowest BCUT2D eigenvalue weighted by Crippen LogP contribution is -2.41. The number of hydrogen-bond acceptors (Lipinski definition) is 3. The summed E-state index contributed by atoms with van der Waals surface area (Å²) in [6, 6.07) is 7.82. The van der Waals surface area contributed by atoms with Crippen LogP contribution < -0.4 is 10.6 Å². The van der Waals surface area contributed by atoms with Crippen molar-refractivity contribution in [2.75, 3.05) is 53.4 Å². The summed E-state index contributed by atoms with van der Waals surface area (Å²) in [5.41, 5.74) is 1.87. The van der Waals surface area contributed by atoms with E-state index in [0.29, 0.717) is 5.56 Å². The first kappa shape index (κ1) is 19.7. The van der Waals surface area contributed by atoms with Crippen molar-refractivity contribution in [1.29, 1.82) is 0 Å². The summed E-state index contributed by atoms with van der Waals surface area (Å²) in [6.07, 6.45) is 4.85. The molecule has 2 aliphatic heterocycles.